The minimum atomic E-state index is -3.10. The summed E-state index contributed by atoms with van der Waals surface area (Å²) in [5.41, 5.74) is 2.79. The fourth-order valence-electron chi connectivity index (χ4n) is 3.86. The molecule has 0 radical (unpaired) electrons. The number of sulfone groups is 1. The van der Waals surface area contributed by atoms with E-state index in [1.165, 1.54) is 5.56 Å². The van der Waals surface area contributed by atoms with Crippen molar-refractivity contribution in [2.45, 2.75) is 38.6 Å². The van der Waals surface area contributed by atoms with Crippen LogP contribution in [0, 0.1) is 0 Å². The van der Waals surface area contributed by atoms with Gasteiger partial charge in [-0.3, -0.25) is 4.79 Å². The van der Waals surface area contributed by atoms with Gasteiger partial charge in [0.2, 0.25) is 0 Å². The molecule has 0 saturated carbocycles. The van der Waals surface area contributed by atoms with Gasteiger partial charge in [-0.2, -0.15) is 5.10 Å². The summed E-state index contributed by atoms with van der Waals surface area (Å²) in [4.78, 5) is 12.7. The van der Waals surface area contributed by atoms with Crippen LogP contribution >= 0.6 is 0 Å². The summed E-state index contributed by atoms with van der Waals surface area (Å²) in [6.07, 6.45) is 0.470. The number of nitrogens with one attached hydrogen (secondary N) is 1. The van der Waals surface area contributed by atoms with Crippen molar-refractivity contribution in [3.05, 3.63) is 66.2 Å². The molecule has 2 aromatic carbocycles. The van der Waals surface area contributed by atoms with Crippen LogP contribution in [0.25, 0.3) is 11.3 Å². The van der Waals surface area contributed by atoms with E-state index < -0.39 is 9.84 Å². The molecule has 1 N–H and O–H groups in total. The molecule has 33 heavy (non-hydrogen) atoms. The SMILES string of the molecule is CC(C)(C)c1ccc(OCC(=O)Nc2cc(-c3ccccc3)nn2C2CCS(=O)(=O)C2)cc1. The van der Waals surface area contributed by atoms with Gasteiger partial charge >= 0.3 is 0 Å². The molecule has 1 fully saturated rings. The molecule has 1 saturated heterocycles. The van der Waals surface area contributed by atoms with Crippen molar-refractivity contribution < 1.29 is 17.9 Å². The maximum Gasteiger partial charge on any atom is 0.263 e. The zero-order valence-corrected chi connectivity index (χ0v) is 19.9. The Balaban J connectivity index is 1.49. The predicted octanol–water partition coefficient (Wildman–Crippen LogP) is 4.22. The number of carbonyl (C=O) groups excluding carboxylic acids is 1. The maximum absolute atomic E-state index is 12.7. The average Bonchev–Trinajstić information content (AvgIpc) is 3.35. The molecule has 1 unspecified atom stereocenters. The van der Waals surface area contributed by atoms with Crippen molar-refractivity contribution in [3.8, 4) is 17.0 Å². The second kappa shape index (κ2) is 9.02. The molecule has 1 amide bonds. The van der Waals surface area contributed by atoms with E-state index in [0.29, 0.717) is 23.7 Å². The van der Waals surface area contributed by atoms with Gasteiger partial charge in [0.25, 0.3) is 5.91 Å². The number of nitrogens with zero attached hydrogens (tertiary/aromatic N) is 2. The van der Waals surface area contributed by atoms with Crippen molar-refractivity contribution in [1.82, 2.24) is 9.78 Å². The first-order valence-electron chi connectivity index (χ1n) is 11.0. The van der Waals surface area contributed by atoms with Gasteiger partial charge in [0, 0.05) is 11.6 Å². The number of aromatic nitrogens is 2. The topological polar surface area (TPSA) is 90.3 Å². The van der Waals surface area contributed by atoms with Crippen molar-refractivity contribution in [3.63, 3.8) is 0 Å². The number of amides is 1. The third-order valence-electron chi connectivity index (χ3n) is 5.72. The van der Waals surface area contributed by atoms with E-state index in [2.05, 4.69) is 31.2 Å². The normalized spacial score (nSPS) is 17.6. The molecule has 7 nitrogen and oxygen atoms in total. The van der Waals surface area contributed by atoms with Crippen LogP contribution in [0.1, 0.15) is 38.8 Å². The van der Waals surface area contributed by atoms with Crippen LogP contribution in [-0.4, -0.2) is 42.2 Å². The molecule has 1 atom stereocenters. The lowest BCUT2D eigenvalue weighted by atomic mass is 9.87. The highest BCUT2D eigenvalue weighted by molar-refractivity contribution is 7.91. The fourth-order valence-corrected chi connectivity index (χ4v) is 5.56. The first-order chi connectivity index (χ1) is 15.6. The predicted molar refractivity (Wildman–Crippen MR) is 129 cm³/mol. The van der Waals surface area contributed by atoms with Crippen molar-refractivity contribution in [2.75, 3.05) is 23.4 Å². The van der Waals surface area contributed by atoms with Gasteiger partial charge < -0.3 is 10.1 Å². The second-order valence-electron chi connectivity index (χ2n) is 9.39. The standard InChI is InChI=1S/C25H29N3O4S/c1-25(2,3)19-9-11-21(12-10-19)32-16-24(29)26-23-15-22(18-7-5-4-6-8-18)27-28(23)20-13-14-33(30,31)17-20/h4-12,15,20H,13-14,16-17H2,1-3H3,(H,26,29). The number of hydrogen-bond acceptors (Lipinski definition) is 5. The zero-order chi connectivity index (χ0) is 23.6. The minimum Gasteiger partial charge on any atom is -0.484 e. The van der Waals surface area contributed by atoms with Crippen molar-refractivity contribution in [1.29, 1.82) is 0 Å². The Morgan fingerprint density at radius 2 is 1.82 bits per heavy atom. The van der Waals surface area contributed by atoms with Crippen LogP contribution in [0.15, 0.2) is 60.7 Å². The summed E-state index contributed by atoms with van der Waals surface area (Å²) in [5.74, 6) is 0.879. The molecule has 0 spiro atoms. The smallest absolute Gasteiger partial charge is 0.263 e. The number of rotatable bonds is 6. The first-order valence-corrected chi connectivity index (χ1v) is 12.8. The Hall–Kier alpha value is -3.13. The van der Waals surface area contributed by atoms with Crippen LogP contribution in [-0.2, 0) is 20.0 Å². The molecule has 2 heterocycles. The van der Waals surface area contributed by atoms with E-state index in [1.807, 2.05) is 54.6 Å². The maximum atomic E-state index is 12.7. The van der Waals surface area contributed by atoms with Gasteiger partial charge in [-0.25, -0.2) is 13.1 Å². The lowest BCUT2D eigenvalue weighted by Crippen LogP contribution is -2.23. The highest BCUT2D eigenvalue weighted by atomic mass is 32.2. The Kier molecular flexibility index (Phi) is 6.30. The van der Waals surface area contributed by atoms with Gasteiger partial charge in [0.05, 0.1) is 23.2 Å². The van der Waals surface area contributed by atoms with Gasteiger partial charge in [-0.15, -0.1) is 0 Å². The van der Waals surface area contributed by atoms with E-state index in [9.17, 15) is 13.2 Å². The highest BCUT2D eigenvalue weighted by Crippen LogP contribution is 2.30. The molecule has 1 aliphatic heterocycles. The summed E-state index contributed by atoms with van der Waals surface area (Å²) in [6.45, 7) is 6.25. The fraction of sp³-hybridized carbons (Fsp3) is 0.360. The first kappa shape index (κ1) is 23.0. The number of hydrogen-bond donors (Lipinski definition) is 1. The summed E-state index contributed by atoms with van der Waals surface area (Å²) >= 11 is 0. The molecular formula is C25H29N3O4S. The third-order valence-corrected chi connectivity index (χ3v) is 7.47. The lowest BCUT2D eigenvalue weighted by molar-refractivity contribution is -0.118. The van der Waals surface area contributed by atoms with E-state index in [4.69, 9.17) is 4.74 Å². The molecular weight excluding hydrogens is 438 g/mol. The Labute approximate surface area is 194 Å². The molecule has 8 heteroatoms. The number of carbonyl (C=O) groups is 1. The van der Waals surface area contributed by atoms with E-state index in [1.54, 1.807) is 10.7 Å². The number of anilines is 1. The van der Waals surface area contributed by atoms with Crippen LogP contribution in [0.5, 0.6) is 5.75 Å². The van der Waals surface area contributed by atoms with E-state index in [0.717, 1.165) is 5.56 Å². The average molecular weight is 468 g/mol. The molecule has 4 rings (SSSR count). The van der Waals surface area contributed by atoms with Crippen LogP contribution in [0.4, 0.5) is 5.82 Å². The third kappa shape index (κ3) is 5.63. The van der Waals surface area contributed by atoms with E-state index >= 15 is 0 Å². The van der Waals surface area contributed by atoms with Crippen LogP contribution in [0.3, 0.4) is 0 Å². The minimum absolute atomic E-state index is 0.0163. The Bertz CT molecular complexity index is 1230. The molecule has 1 aromatic heterocycles. The van der Waals surface area contributed by atoms with Gasteiger partial charge in [-0.1, -0.05) is 63.2 Å². The lowest BCUT2D eigenvalue weighted by Gasteiger charge is -2.19. The van der Waals surface area contributed by atoms with E-state index in [-0.39, 0.29) is 35.5 Å². The summed E-state index contributed by atoms with van der Waals surface area (Å²) in [6, 6.07) is 18.7. The van der Waals surface area contributed by atoms with Crippen molar-refractivity contribution in [2.24, 2.45) is 0 Å². The number of ether oxygens (including phenoxy) is 1. The quantitative estimate of drug-likeness (QED) is 0.586. The van der Waals surface area contributed by atoms with Crippen LogP contribution < -0.4 is 10.1 Å². The Morgan fingerprint density at radius 3 is 2.42 bits per heavy atom. The monoisotopic (exact) mass is 467 g/mol. The number of benzene rings is 2. The molecule has 3 aromatic rings. The van der Waals surface area contributed by atoms with Gasteiger partial charge in [0.1, 0.15) is 11.6 Å². The zero-order valence-electron chi connectivity index (χ0n) is 19.1. The van der Waals surface area contributed by atoms with Gasteiger partial charge in [0.15, 0.2) is 16.4 Å². The molecule has 1 aliphatic rings. The molecule has 0 aliphatic carbocycles. The highest BCUT2D eigenvalue weighted by Gasteiger charge is 2.31. The summed E-state index contributed by atoms with van der Waals surface area (Å²) in [5, 5.41) is 7.48. The Morgan fingerprint density at radius 1 is 1.12 bits per heavy atom. The summed E-state index contributed by atoms with van der Waals surface area (Å²) in [7, 11) is -3.10. The molecule has 174 valence electrons. The summed E-state index contributed by atoms with van der Waals surface area (Å²) < 4.78 is 31.3. The van der Waals surface area contributed by atoms with Crippen LogP contribution in [0.2, 0.25) is 0 Å². The largest absolute Gasteiger partial charge is 0.484 e. The molecule has 0 bridgehead atoms. The van der Waals surface area contributed by atoms with Crippen molar-refractivity contribution >= 4 is 21.6 Å². The van der Waals surface area contributed by atoms with Gasteiger partial charge in [-0.05, 0) is 29.5 Å². The second-order valence-corrected chi connectivity index (χ2v) is 11.6.